The monoisotopic (exact) mass is 506 g/mol. The van der Waals surface area contributed by atoms with Crippen LogP contribution in [0.25, 0.3) is 0 Å². The van der Waals surface area contributed by atoms with Gasteiger partial charge in [0.25, 0.3) is 0 Å². The minimum absolute atomic E-state index is 0.119. The predicted octanol–water partition coefficient (Wildman–Crippen LogP) is 4.03. The molecule has 2 heterocycles. The molecule has 0 aromatic heterocycles. The molecule has 194 valence electrons. The van der Waals surface area contributed by atoms with E-state index in [4.69, 9.17) is 14.2 Å². The molecule has 0 radical (unpaired) electrons. The molecule has 0 spiro atoms. The molecule has 4 rings (SSSR count). The van der Waals surface area contributed by atoms with Crippen LogP contribution in [-0.2, 0) is 30.4 Å². The number of fused-ring (bicyclic) bond motifs is 3. The number of methoxy groups -OCH3 is 1. The maximum absolute atomic E-state index is 13.3. The van der Waals surface area contributed by atoms with Gasteiger partial charge < -0.3 is 24.0 Å². The van der Waals surface area contributed by atoms with Gasteiger partial charge in [-0.25, -0.2) is 14.4 Å². The highest BCUT2D eigenvalue weighted by atomic mass is 16.6. The SMILES string of the molecule is CCOC(=O)/C=C/[C@H]1[C@@H]2CCN(C(=O)OCc3ccccc3)[C@@H]2c2cc(C(=O)OC)ccc2N1C(C)=O. The Morgan fingerprint density at radius 3 is 2.49 bits per heavy atom. The molecule has 1 saturated heterocycles. The van der Waals surface area contributed by atoms with Crippen molar-refractivity contribution in [2.75, 3.05) is 25.2 Å². The number of esters is 2. The molecule has 2 aliphatic heterocycles. The first-order valence-electron chi connectivity index (χ1n) is 12.2. The Morgan fingerprint density at radius 2 is 1.81 bits per heavy atom. The number of benzene rings is 2. The summed E-state index contributed by atoms with van der Waals surface area (Å²) in [7, 11) is 1.30. The fourth-order valence-electron chi connectivity index (χ4n) is 5.16. The van der Waals surface area contributed by atoms with Crippen LogP contribution in [0.1, 0.15) is 47.8 Å². The van der Waals surface area contributed by atoms with Crippen LogP contribution in [0, 0.1) is 5.92 Å². The van der Waals surface area contributed by atoms with E-state index in [1.54, 1.807) is 41.0 Å². The third kappa shape index (κ3) is 5.35. The average molecular weight is 507 g/mol. The van der Waals surface area contributed by atoms with Crippen LogP contribution < -0.4 is 4.90 Å². The number of amides is 2. The Bertz CT molecular complexity index is 1210. The van der Waals surface area contributed by atoms with Gasteiger partial charge in [0.15, 0.2) is 0 Å². The van der Waals surface area contributed by atoms with E-state index in [1.165, 1.54) is 20.1 Å². The maximum atomic E-state index is 13.3. The summed E-state index contributed by atoms with van der Waals surface area (Å²) < 4.78 is 15.6. The molecule has 9 nitrogen and oxygen atoms in total. The van der Waals surface area contributed by atoms with Crippen molar-refractivity contribution in [3.05, 3.63) is 77.4 Å². The van der Waals surface area contributed by atoms with Crippen LogP contribution in [-0.4, -0.2) is 55.1 Å². The summed E-state index contributed by atoms with van der Waals surface area (Å²) in [5.41, 5.74) is 2.39. The van der Waals surface area contributed by atoms with Crippen molar-refractivity contribution >= 4 is 29.6 Å². The smallest absolute Gasteiger partial charge is 0.410 e. The first-order chi connectivity index (χ1) is 17.8. The van der Waals surface area contributed by atoms with Crippen LogP contribution in [0.4, 0.5) is 10.5 Å². The standard InChI is InChI=1S/C28H30N2O7/c1-4-36-25(32)13-12-23-21-14-15-29(28(34)37-17-19-8-6-5-7-9-19)26(21)22-16-20(27(33)35-3)10-11-24(22)30(23)18(2)31/h5-13,16,21,23,26H,4,14-15,17H2,1-3H3/b13-12+/t21-,23-,26-/m0/s1. The number of ether oxygens (including phenoxy) is 3. The maximum Gasteiger partial charge on any atom is 0.410 e. The van der Waals surface area contributed by atoms with Crippen LogP contribution in [0.5, 0.6) is 0 Å². The van der Waals surface area contributed by atoms with Crippen LogP contribution >= 0.6 is 0 Å². The van der Waals surface area contributed by atoms with Crippen LogP contribution in [0.15, 0.2) is 60.7 Å². The highest BCUT2D eigenvalue weighted by Crippen LogP contribution is 2.50. The molecule has 0 saturated carbocycles. The van der Waals surface area contributed by atoms with E-state index in [2.05, 4.69) is 0 Å². The van der Waals surface area contributed by atoms with Crippen molar-refractivity contribution in [2.24, 2.45) is 5.92 Å². The largest absolute Gasteiger partial charge is 0.465 e. The average Bonchev–Trinajstić information content (AvgIpc) is 3.35. The number of nitrogens with zero attached hydrogens (tertiary/aromatic N) is 2. The van der Waals surface area contributed by atoms with Gasteiger partial charge in [-0.2, -0.15) is 0 Å². The second kappa shape index (κ2) is 11.3. The first-order valence-corrected chi connectivity index (χ1v) is 12.2. The number of rotatable bonds is 6. The summed E-state index contributed by atoms with van der Waals surface area (Å²) in [6.45, 7) is 3.91. The molecular weight excluding hydrogens is 476 g/mol. The first kappa shape index (κ1) is 25.9. The van der Waals surface area contributed by atoms with E-state index in [1.807, 2.05) is 30.3 Å². The number of hydrogen-bond donors (Lipinski definition) is 0. The van der Waals surface area contributed by atoms with Crippen LogP contribution in [0.2, 0.25) is 0 Å². The molecule has 0 N–H and O–H groups in total. The molecule has 2 aromatic carbocycles. The Balaban J connectivity index is 1.73. The molecule has 9 heteroatoms. The lowest BCUT2D eigenvalue weighted by Crippen LogP contribution is -2.49. The summed E-state index contributed by atoms with van der Waals surface area (Å²) in [6.07, 6.45) is 3.06. The van der Waals surface area contributed by atoms with E-state index in [0.717, 1.165) is 5.56 Å². The van der Waals surface area contributed by atoms with Crippen molar-refractivity contribution in [3.63, 3.8) is 0 Å². The van der Waals surface area contributed by atoms with Crippen molar-refractivity contribution in [2.45, 2.75) is 39.0 Å². The van der Waals surface area contributed by atoms with Gasteiger partial charge in [0.05, 0.1) is 31.4 Å². The summed E-state index contributed by atoms with van der Waals surface area (Å²) in [4.78, 5) is 53.8. The molecule has 2 aromatic rings. The number of anilines is 1. The van der Waals surface area contributed by atoms with E-state index in [-0.39, 0.29) is 25.0 Å². The zero-order valence-corrected chi connectivity index (χ0v) is 21.1. The number of likely N-dealkylation sites (tertiary alicyclic amines) is 1. The summed E-state index contributed by atoms with van der Waals surface area (Å²) >= 11 is 0. The lowest BCUT2D eigenvalue weighted by atomic mass is 9.80. The molecule has 0 bridgehead atoms. The quantitative estimate of drug-likeness (QED) is 0.331. The van der Waals surface area contributed by atoms with Gasteiger partial charge in [-0.1, -0.05) is 36.4 Å². The molecule has 2 aliphatic rings. The number of hydrogen-bond acceptors (Lipinski definition) is 7. The minimum atomic E-state index is -0.519. The summed E-state index contributed by atoms with van der Waals surface area (Å²) in [6, 6.07) is 13.3. The van der Waals surface area contributed by atoms with E-state index in [0.29, 0.717) is 29.8 Å². The summed E-state index contributed by atoms with van der Waals surface area (Å²) in [5, 5.41) is 0. The topological polar surface area (TPSA) is 102 Å². The minimum Gasteiger partial charge on any atom is -0.465 e. The summed E-state index contributed by atoms with van der Waals surface area (Å²) in [5.74, 6) is -1.49. The van der Waals surface area contributed by atoms with Gasteiger partial charge in [-0.3, -0.25) is 4.79 Å². The normalized spacial score (nSPS) is 20.2. The van der Waals surface area contributed by atoms with Crippen molar-refractivity contribution in [3.8, 4) is 0 Å². The van der Waals surface area contributed by atoms with E-state index in [9.17, 15) is 19.2 Å². The van der Waals surface area contributed by atoms with Crippen molar-refractivity contribution in [1.29, 1.82) is 0 Å². The molecule has 2 amide bonds. The molecule has 0 unspecified atom stereocenters. The highest BCUT2D eigenvalue weighted by molar-refractivity contribution is 5.97. The molecule has 37 heavy (non-hydrogen) atoms. The Kier molecular flexibility index (Phi) is 7.91. The molecular formula is C28H30N2O7. The van der Waals surface area contributed by atoms with Crippen LogP contribution in [0.3, 0.4) is 0 Å². The van der Waals surface area contributed by atoms with Gasteiger partial charge in [0.1, 0.15) is 6.61 Å². The highest BCUT2D eigenvalue weighted by Gasteiger charge is 2.49. The van der Waals surface area contributed by atoms with Gasteiger partial charge in [0, 0.05) is 31.1 Å². The van der Waals surface area contributed by atoms with Crippen molar-refractivity contribution in [1.82, 2.24) is 4.90 Å². The Labute approximate surface area is 215 Å². The van der Waals surface area contributed by atoms with Gasteiger partial charge >= 0.3 is 18.0 Å². The Hall–Kier alpha value is -4.14. The van der Waals surface area contributed by atoms with E-state index >= 15 is 0 Å². The zero-order chi connectivity index (χ0) is 26.5. The molecule has 0 aliphatic carbocycles. The number of carbonyl (C=O) groups is 4. The predicted molar refractivity (Wildman–Crippen MR) is 135 cm³/mol. The van der Waals surface area contributed by atoms with Gasteiger partial charge in [-0.15, -0.1) is 0 Å². The Morgan fingerprint density at radius 1 is 1.05 bits per heavy atom. The van der Waals surface area contributed by atoms with Crippen molar-refractivity contribution < 1.29 is 33.4 Å². The third-order valence-electron chi connectivity index (χ3n) is 6.70. The lowest BCUT2D eigenvalue weighted by molar-refractivity contribution is -0.137. The third-order valence-corrected chi connectivity index (χ3v) is 6.70. The fraction of sp³-hybridized carbons (Fsp3) is 0.357. The second-order valence-electron chi connectivity index (χ2n) is 8.89. The number of carbonyl (C=O) groups excluding carboxylic acids is 4. The molecule has 1 fully saturated rings. The fourth-order valence-corrected chi connectivity index (χ4v) is 5.16. The lowest BCUT2D eigenvalue weighted by Gasteiger charge is -2.44. The second-order valence-corrected chi connectivity index (χ2v) is 8.89. The molecule has 3 atom stereocenters. The van der Waals surface area contributed by atoms with Gasteiger partial charge in [0.2, 0.25) is 5.91 Å². The zero-order valence-electron chi connectivity index (χ0n) is 21.1. The van der Waals surface area contributed by atoms with Gasteiger partial charge in [-0.05, 0) is 42.7 Å². The van der Waals surface area contributed by atoms with E-state index < -0.39 is 30.1 Å².